The van der Waals surface area contributed by atoms with Crippen molar-refractivity contribution in [2.75, 3.05) is 6.61 Å². The third kappa shape index (κ3) is 1.54. The second-order valence-electron chi connectivity index (χ2n) is 4.17. The second kappa shape index (κ2) is 3.83. The lowest BCUT2D eigenvalue weighted by Gasteiger charge is -2.13. The molecule has 0 fully saturated rings. The highest BCUT2D eigenvalue weighted by Gasteiger charge is 2.21. The lowest BCUT2D eigenvalue weighted by atomic mass is 10.3. The third-order valence-electron chi connectivity index (χ3n) is 2.84. The largest absolute Gasteiger partial charge is 0.465 e. The normalized spacial score (nSPS) is 15.2. The summed E-state index contributed by atoms with van der Waals surface area (Å²) in [6.07, 6.45) is 1.90. The first-order chi connectivity index (χ1) is 8.66. The van der Waals surface area contributed by atoms with Crippen molar-refractivity contribution < 1.29 is 9.53 Å². The molecule has 1 aliphatic rings. The first-order valence-electron chi connectivity index (χ1n) is 5.61. The lowest BCUT2D eigenvalue weighted by Crippen LogP contribution is -2.32. The molecule has 0 radical (unpaired) electrons. The van der Waals surface area contributed by atoms with Gasteiger partial charge in [-0.05, 0) is 25.5 Å². The number of pyridine rings is 1. The number of nitrogens with one attached hydrogen (secondary N) is 1. The second-order valence-corrected chi connectivity index (χ2v) is 4.17. The van der Waals surface area contributed by atoms with Crippen LogP contribution in [-0.2, 0) is 9.53 Å². The molecule has 6 nitrogen and oxygen atoms in total. The highest BCUT2D eigenvalue weighted by atomic mass is 16.5. The topological polar surface area (TPSA) is 68.0 Å². The van der Waals surface area contributed by atoms with Crippen molar-refractivity contribution in [1.29, 1.82) is 0 Å². The van der Waals surface area contributed by atoms with Gasteiger partial charge in [0.15, 0.2) is 6.61 Å². The Kier molecular flexibility index (Phi) is 2.29. The van der Waals surface area contributed by atoms with Gasteiger partial charge in [0.1, 0.15) is 11.3 Å². The van der Waals surface area contributed by atoms with Gasteiger partial charge in [-0.1, -0.05) is 6.07 Å². The number of rotatable bonds is 1. The number of hydrogen-bond acceptors (Lipinski definition) is 4. The SMILES string of the molecule is Cc1nc2c(C)cccn2c1C1=NNC(=O)CO1. The molecule has 0 saturated heterocycles. The number of carbonyl (C=O) groups is 1. The summed E-state index contributed by atoms with van der Waals surface area (Å²) in [6.45, 7) is 3.87. The average molecular weight is 244 g/mol. The predicted molar refractivity (Wildman–Crippen MR) is 65.3 cm³/mol. The number of nitrogens with zero attached hydrogens (tertiary/aromatic N) is 3. The maximum absolute atomic E-state index is 11.0. The molecule has 0 aliphatic carbocycles. The number of ether oxygens (including phenoxy) is 1. The molecule has 2 aromatic rings. The Hall–Kier alpha value is -2.37. The molecule has 6 heteroatoms. The average Bonchev–Trinajstić information content (AvgIpc) is 2.69. The lowest BCUT2D eigenvalue weighted by molar-refractivity contribution is -0.124. The number of carbonyl (C=O) groups excluding carboxylic acids is 1. The van der Waals surface area contributed by atoms with Gasteiger partial charge < -0.3 is 4.74 Å². The van der Waals surface area contributed by atoms with Gasteiger partial charge in [-0.15, -0.1) is 5.10 Å². The zero-order chi connectivity index (χ0) is 12.7. The molecule has 92 valence electrons. The van der Waals surface area contributed by atoms with E-state index in [9.17, 15) is 4.79 Å². The number of imidazole rings is 1. The van der Waals surface area contributed by atoms with E-state index < -0.39 is 0 Å². The highest BCUT2D eigenvalue weighted by molar-refractivity contribution is 5.98. The Morgan fingerprint density at radius 3 is 3.00 bits per heavy atom. The summed E-state index contributed by atoms with van der Waals surface area (Å²) in [7, 11) is 0. The first kappa shape index (κ1) is 10.8. The number of aromatic nitrogens is 2. The van der Waals surface area contributed by atoms with Crippen LogP contribution < -0.4 is 5.43 Å². The molecule has 2 aromatic heterocycles. The van der Waals surface area contributed by atoms with E-state index in [2.05, 4.69) is 15.5 Å². The Labute approximate surface area is 103 Å². The van der Waals surface area contributed by atoms with Crippen LogP contribution in [0.25, 0.3) is 5.65 Å². The van der Waals surface area contributed by atoms with Gasteiger partial charge in [-0.2, -0.15) is 0 Å². The van der Waals surface area contributed by atoms with Crippen LogP contribution in [0.1, 0.15) is 17.0 Å². The van der Waals surface area contributed by atoms with Gasteiger partial charge in [0.05, 0.1) is 5.69 Å². The minimum atomic E-state index is -0.249. The van der Waals surface area contributed by atoms with Crippen LogP contribution in [0.3, 0.4) is 0 Å². The summed E-state index contributed by atoms with van der Waals surface area (Å²) in [6, 6.07) is 3.94. The number of aryl methyl sites for hydroxylation is 2. The van der Waals surface area contributed by atoms with E-state index >= 15 is 0 Å². The number of hydrogen-bond donors (Lipinski definition) is 1. The van der Waals surface area contributed by atoms with Crippen molar-refractivity contribution in [1.82, 2.24) is 14.8 Å². The zero-order valence-corrected chi connectivity index (χ0v) is 10.1. The fraction of sp³-hybridized carbons (Fsp3) is 0.250. The summed E-state index contributed by atoms with van der Waals surface area (Å²) < 4.78 is 7.26. The van der Waals surface area contributed by atoms with Crippen LogP contribution in [0.15, 0.2) is 23.4 Å². The van der Waals surface area contributed by atoms with E-state index in [4.69, 9.17) is 4.74 Å². The molecule has 3 heterocycles. The summed E-state index contributed by atoms with van der Waals surface area (Å²) >= 11 is 0. The van der Waals surface area contributed by atoms with Crippen LogP contribution in [0.5, 0.6) is 0 Å². The van der Waals surface area contributed by atoms with Gasteiger partial charge >= 0.3 is 0 Å². The maximum Gasteiger partial charge on any atom is 0.278 e. The molecule has 0 bridgehead atoms. The van der Waals surface area contributed by atoms with Gasteiger partial charge in [0.25, 0.3) is 11.8 Å². The summed E-state index contributed by atoms with van der Waals surface area (Å²) in [5.41, 5.74) is 5.95. The molecule has 0 aromatic carbocycles. The molecule has 1 N–H and O–H groups in total. The smallest absolute Gasteiger partial charge is 0.278 e. The standard InChI is InChI=1S/C12H12N4O2/c1-7-4-3-5-16-10(8(2)13-11(7)16)12-15-14-9(17)6-18-12/h3-5H,6H2,1-2H3,(H,14,17). The van der Waals surface area contributed by atoms with E-state index in [1.807, 2.05) is 36.6 Å². The summed E-state index contributed by atoms with van der Waals surface area (Å²) in [4.78, 5) is 15.5. The summed E-state index contributed by atoms with van der Waals surface area (Å²) in [5, 5.41) is 3.93. The van der Waals surface area contributed by atoms with Gasteiger partial charge in [-0.25, -0.2) is 10.4 Å². The van der Waals surface area contributed by atoms with E-state index in [0.717, 1.165) is 22.6 Å². The van der Waals surface area contributed by atoms with Crippen molar-refractivity contribution in [2.24, 2.45) is 5.10 Å². The first-order valence-corrected chi connectivity index (χ1v) is 5.61. The molecule has 18 heavy (non-hydrogen) atoms. The van der Waals surface area contributed by atoms with Gasteiger partial charge in [-0.3, -0.25) is 9.20 Å². The minimum absolute atomic E-state index is 0.0165. The fourth-order valence-electron chi connectivity index (χ4n) is 2.01. The number of amides is 1. The molecule has 0 saturated carbocycles. The highest BCUT2D eigenvalue weighted by Crippen LogP contribution is 2.17. The van der Waals surface area contributed by atoms with Gasteiger partial charge in [0, 0.05) is 6.20 Å². The molecule has 3 rings (SSSR count). The molecule has 1 amide bonds. The Bertz CT molecular complexity index is 672. The van der Waals surface area contributed by atoms with Crippen molar-refractivity contribution in [3.8, 4) is 0 Å². The zero-order valence-electron chi connectivity index (χ0n) is 10.1. The number of hydrazone groups is 1. The molecule has 1 aliphatic heterocycles. The molecule has 0 unspecified atom stereocenters. The third-order valence-corrected chi connectivity index (χ3v) is 2.84. The van der Waals surface area contributed by atoms with Crippen molar-refractivity contribution in [3.05, 3.63) is 35.3 Å². The molecular weight excluding hydrogens is 232 g/mol. The van der Waals surface area contributed by atoms with Crippen LogP contribution in [0, 0.1) is 13.8 Å². The fourth-order valence-corrected chi connectivity index (χ4v) is 2.01. The van der Waals surface area contributed by atoms with Crippen LogP contribution >= 0.6 is 0 Å². The van der Waals surface area contributed by atoms with Crippen molar-refractivity contribution in [2.45, 2.75) is 13.8 Å². The maximum atomic E-state index is 11.0. The van der Waals surface area contributed by atoms with E-state index in [1.54, 1.807) is 0 Å². The Balaban J connectivity index is 2.20. The monoisotopic (exact) mass is 244 g/mol. The molecule has 0 spiro atoms. The Morgan fingerprint density at radius 1 is 1.44 bits per heavy atom. The van der Waals surface area contributed by atoms with Crippen LogP contribution in [0.4, 0.5) is 0 Å². The summed E-state index contributed by atoms with van der Waals surface area (Å²) in [5.74, 6) is 0.145. The van der Waals surface area contributed by atoms with E-state index in [0.29, 0.717) is 5.90 Å². The Morgan fingerprint density at radius 2 is 2.28 bits per heavy atom. The van der Waals surface area contributed by atoms with Crippen molar-refractivity contribution in [3.63, 3.8) is 0 Å². The van der Waals surface area contributed by atoms with Crippen LogP contribution in [-0.4, -0.2) is 27.8 Å². The van der Waals surface area contributed by atoms with Gasteiger partial charge in [0.2, 0.25) is 0 Å². The number of fused-ring (bicyclic) bond motifs is 1. The quantitative estimate of drug-likeness (QED) is 0.805. The van der Waals surface area contributed by atoms with E-state index in [1.165, 1.54) is 0 Å². The molecular formula is C12H12N4O2. The van der Waals surface area contributed by atoms with Crippen LogP contribution in [0.2, 0.25) is 0 Å². The van der Waals surface area contributed by atoms with Crippen molar-refractivity contribution >= 4 is 17.5 Å². The molecule has 0 atom stereocenters. The predicted octanol–water partition coefficient (Wildman–Crippen LogP) is 0.759. The van der Waals surface area contributed by atoms with E-state index in [-0.39, 0.29) is 12.5 Å². The minimum Gasteiger partial charge on any atom is -0.465 e.